The van der Waals surface area contributed by atoms with Gasteiger partial charge in [0, 0.05) is 17.8 Å². The van der Waals surface area contributed by atoms with E-state index in [0.29, 0.717) is 16.7 Å². The lowest BCUT2D eigenvalue weighted by Crippen LogP contribution is -2.55. The van der Waals surface area contributed by atoms with Crippen LogP contribution in [0.15, 0.2) is 24.5 Å². The molecule has 4 saturated carbocycles. The summed E-state index contributed by atoms with van der Waals surface area (Å²) in [4.78, 5) is 4.15. The molecule has 1 aromatic heterocycles. The fourth-order valence-electron chi connectivity index (χ4n) is 6.49. The van der Waals surface area contributed by atoms with Crippen molar-refractivity contribution in [3.63, 3.8) is 0 Å². The Balaban J connectivity index is 1.63. The minimum absolute atomic E-state index is 0.269. The van der Waals surface area contributed by atoms with E-state index in [-0.39, 0.29) is 5.38 Å². The molecule has 21 heavy (non-hydrogen) atoms. The van der Waals surface area contributed by atoms with Crippen molar-refractivity contribution in [3.8, 4) is 0 Å². The Morgan fingerprint density at radius 2 is 1.76 bits per heavy atom. The maximum Gasteiger partial charge on any atom is 0.0458 e. The molecule has 0 amide bonds. The van der Waals surface area contributed by atoms with Crippen molar-refractivity contribution < 1.29 is 0 Å². The van der Waals surface area contributed by atoms with Crippen molar-refractivity contribution >= 4 is 11.6 Å². The minimum Gasteiger partial charge on any atom is -0.265 e. The zero-order valence-corrected chi connectivity index (χ0v) is 13.9. The van der Waals surface area contributed by atoms with Gasteiger partial charge in [0.05, 0.1) is 0 Å². The summed E-state index contributed by atoms with van der Waals surface area (Å²) in [7, 11) is 0. The average molecular weight is 304 g/mol. The molecule has 1 heterocycles. The van der Waals surface area contributed by atoms with Crippen LogP contribution in [0.4, 0.5) is 0 Å². The highest BCUT2D eigenvalue weighted by Crippen LogP contribution is 2.67. The summed E-state index contributed by atoms with van der Waals surface area (Å²) in [6.07, 6.45) is 12.3. The van der Waals surface area contributed by atoms with E-state index in [2.05, 4.69) is 31.0 Å². The van der Waals surface area contributed by atoms with E-state index in [1.807, 2.05) is 12.4 Å². The summed E-state index contributed by atoms with van der Waals surface area (Å²) in [6, 6.07) is 4.28. The molecule has 0 saturated heterocycles. The van der Waals surface area contributed by atoms with Gasteiger partial charge in [0.15, 0.2) is 0 Å². The highest BCUT2D eigenvalue weighted by molar-refractivity contribution is 6.21. The lowest BCUT2D eigenvalue weighted by molar-refractivity contribution is -0.105. The van der Waals surface area contributed by atoms with Gasteiger partial charge >= 0.3 is 0 Å². The molecular formula is C19H26ClN. The summed E-state index contributed by atoms with van der Waals surface area (Å²) in [5.41, 5.74) is 2.32. The van der Waals surface area contributed by atoms with Crippen LogP contribution < -0.4 is 0 Å². The zero-order chi connectivity index (χ0) is 14.7. The van der Waals surface area contributed by atoms with Crippen LogP contribution in [0.25, 0.3) is 0 Å². The van der Waals surface area contributed by atoms with E-state index >= 15 is 0 Å². The van der Waals surface area contributed by atoms with Crippen molar-refractivity contribution in [3.05, 3.63) is 30.1 Å². The van der Waals surface area contributed by atoms with Crippen molar-refractivity contribution in [2.45, 2.75) is 63.7 Å². The molecule has 0 aromatic carbocycles. The van der Waals surface area contributed by atoms with Crippen LogP contribution in [-0.2, 0) is 0 Å². The van der Waals surface area contributed by atoms with Gasteiger partial charge in [0.1, 0.15) is 0 Å². The molecule has 4 atom stereocenters. The molecule has 4 fully saturated rings. The van der Waals surface area contributed by atoms with E-state index in [9.17, 15) is 0 Å². The number of halogens is 1. The average Bonchev–Trinajstić information content (AvgIpc) is 2.44. The van der Waals surface area contributed by atoms with Gasteiger partial charge in [-0.25, -0.2) is 0 Å². The molecular weight excluding hydrogens is 278 g/mol. The Morgan fingerprint density at radius 3 is 2.33 bits per heavy atom. The topological polar surface area (TPSA) is 12.9 Å². The fourth-order valence-corrected chi connectivity index (χ4v) is 6.89. The number of hydrogen-bond acceptors (Lipinski definition) is 1. The minimum atomic E-state index is 0.269. The number of nitrogens with zero attached hydrogens (tertiary/aromatic N) is 1. The van der Waals surface area contributed by atoms with Gasteiger partial charge < -0.3 is 0 Å². The predicted molar refractivity (Wildman–Crippen MR) is 87.5 cm³/mol. The van der Waals surface area contributed by atoms with E-state index in [4.69, 9.17) is 11.6 Å². The second-order valence-corrected chi connectivity index (χ2v) is 9.08. The Kier molecular flexibility index (Phi) is 3.16. The van der Waals surface area contributed by atoms with Crippen molar-refractivity contribution in [1.29, 1.82) is 0 Å². The molecule has 0 spiro atoms. The fraction of sp³-hybridized carbons (Fsp3) is 0.737. The Bertz CT molecular complexity index is 512. The summed E-state index contributed by atoms with van der Waals surface area (Å²) < 4.78 is 0. The molecule has 1 aromatic rings. The van der Waals surface area contributed by atoms with Crippen LogP contribution in [0.3, 0.4) is 0 Å². The van der Waals surface area contributed by atoms with Crippen LogP contribution in [0, 0.1) is 22.7 Å². The molecule has 2 heteroatoms. The van der Waals surface area contributed by atoms with E-state index in [0.717, 1.165) is 11.8 Å². The van der Waals surface area contributed by atoms with E-state index < -0.39 is 0 Å². The monoisotopic (exact) mass is 303 g/mol. The predicted octanol–water partition coefficient (Wildman–Crippen LogP) is 5.40. The molecule has 4 unspecified atom stereocenters. The molecule has 4 bridgehead atoms. The van der Waals surface area contributed by atoms with Gasteiger partial charge in [-0.15, -0.1) is 11.6 Å². The second-order valence-electron chi connectivity index (χ2n) is 8.61. The van der Waals surface area contributed by atoms with Gasteiger partial charge in [-0.05, 0) is 84.8 Å². The smallest absolute Gasteiger partial charge is 0.0458 e. The number of rotatable bonds is 3. The van der Waals surface area contributed by atoms with Crippen LogP contribution in [0.1, 0.15) is 63.9 Å². The summed E-state index contributed by atoms with van der Waals surface area (Å²) >= 11 is 7.13. The first kappa shape index (κ1) is 14.1. The molecule has 0 radical (unpaired) electrons. The first-order chi connectivity index (χ1) is 10.00. The van der Waals surface area contributed by atoms with Gasteiger partial charge in [-0.2, -0.15) is 0 Å². The first-order valence-corrected chi connectivity index (χ1v) is 8.97. The highest BCUT2D eigenvalue weighted by atomic mass is 35.5. The lowest BCUT2D eigenvalue weighted by Gasteiger charge is -2.63. The normalized spacial score (nSPS) is 43.8. The van der Waals surface area contributed by atoms with Gasteiger partial charge in [0.2, 0.25) is 0 Å². The number of pyridine rings is 1. The second kappa shape index (κ2) is 4.72. The molecule has 0 N–H and O–H groups in total. The van der Waals surface area contributed by atoms with Crippen LogP contribution in [0.2, 0.25) is 0 Å². The molecule has 0 aliphatic heterocycles. The first-order valence-electron chi connectivity index (χ1n) is 8.54. The van der Waals surface area contributed by atoms with Gasteiger partial charge in [-0.1, -0.05) is 13.8 Å². The van der Waals surface area contributed by atoms with Crippen molar-refractivity contribution in [2.24, 2.45) is 22.7 Å². The third-order valence-corrected chi connectivity index (χ3v) is 7.50. The molecule has 1 nitrogen and oxygen atoms in total. The number of hydrogen-bond donors (Lipinski definition) is 0. The largest absolute Gasteiger partial charge is 0.265 e. The molecule has 114 valence electrons. The molecule has 4 aliphatic rings. The van der Waals surface area contributed by atoms with Crippen molar-refractivity contribution in [1.82, 2.24) is 4.98 Å². The number of alkyl halides is 1. The highest BCUT2D eigenvalue weighted by Gasteiger charge is 2.58. The quantitative estimate of drug-likeness (QED) is 0.681. The third kappa shape index (κ3) is 2.23. The van der Waals surface area contributed by atoms with Gasteiger partial charge in [0.25, 0.3) is 0 Å². The standard InChI is InChI=1S/C19H26ClN/c1-13(16-3-5-21-6-4-16)17(20)19-10-14-7-15(11-19)9-18(2,8-14)12-19/h3-6,13-15,17H,7-12H2,1-2H3. The van der Waals surface area contributed by atoms with Crippen molar-refractivity contribution in [2.75, 3.05) is 0 Å². The Labute approximate surface area is 133 Å². The number of aromatic nitrogens is 1. The molecule has 4 aliphatic carbocycles. The van der Waals surface area contributed by atoms with E-state index in [1.165, 1.54) is 44.1 Å². The summed E-state index contributed by atoms with van der Waals surface area (Å²) in [6.45, 7) is 4.84. The zero-order valence-electron chi connectivity index (χ0n) is 13.2. The van der Waals surface area contributed by atoms with Crippen LogP contribution in [0.5, 0.6) is 0 Å². The van der Waals surface area contributed by atoms with Crippen LogP contribution >= 0.6 is 11.6 Å². The van der Waals surface area contributed by atoms with Crippen LogP contribution in [-0.4, -0.2) is 10.4 Å². The SMILES string of the molecule is CC(c1ccncc1)C(Cl)C12CC3CC(CC(C)(C3)C1)C2. The van der Waals surface area contributed by atoms with Gasteiger partial charge in [-0.3, -0.25) is 4.98 Å². The maximum absolute atomic E-state index is 7.13. The molecule has 5 rings (SSSR count). The lowest BCUT2D eigenvalue weighted by atomic mass is 9.43. The third-order valence-electron chi connectivity index (χ3n) is 6.65. The maximum atomic E-state index is 7.13. The summed E-state index contributed by atoms with van der Waals surface area (Å²) in [5, 5.41) is 0.269. The Hall–Kier alpha value is -0.560. The van der Waals surface area contributed by atoms with E-state index in [1.54, 1.807) is 0 Å². The Morgan fingerprint density at radius 1 is 1.14 bits per heavy atom. The summed E-state index contributed by atoms with van der Waals surface area (Å²) in [5.74, 6) is 2.32.